The minimum absolute atomic E-state index is 0.130. The normalized spacial score (nSPS) is 11.3. The van der Waals surface area contributed by atoms with Crippen molar-refractivity contribution in [1.29, 1.82) is 0 Å². The van der Waals surface area contributed by atoms with Crippen LogP contribution in [0.4, 0.5) is 14.5 Å². The van der Waals surface area contributed by atoms with Crippen LogP contribution in [0.25, 0.3) is 6.08 Å². The molecule has 0 heterocycles. The molecule has 0 aromatic heterocycles. The summed E-state index contributed by atoms with van der Waals surface area (Å²) < 4.78 is 25.9. The van der Waals surface area contributed by atoms with Crippen LogP contribution in [0, 0.1) is 11.6 Å². The Hall–Kier alpha value is -2.49. The topological polar surface area (TPSA) is 24.4 Å². The van der Waals surface area contributed by atoms with E-state index in [1.807, 2.05) is 36.4 Å². The fourth-order valence-corrected chi connectivity index (χ4v) is 1.45. The molecule has 0 aliphatic rings. The van der Waals surface area contributed by atoms with Crippen molar-refractivity contribution in [3.8, 4) is 0 Å². The number of hydrogen-bond donors (Lipinski definition) is 1. The van der Waals surface area contributed by atoms with E-state index in [4.69, 9.17) is 0 Å². The molecule has 19 heavy (non-hydrogen) atoms. The summed E-state index contributed by atoms with van der Waals surface area (Å²) in [6.07, 6.45) is 5.09. The number of halogens is 2. The van der Waals surface area contributed by atoms with Crippen molar-refractivity contribution >= 4 is 18.0 Å². The number of benzene rings is 2. The first-order chi connectivity index (χ1) is 9.25. The minimum Gasteiger partial charge on any atom is -0.276 e. The maximum Gasteiger partial charge on any atom is 0.151 e. The summed E-state index contributed by atoms with van der Waals surface area (Å²) in [5.74, 6) is -1.29. The number of nitrogens with zero attached hydrogens (tertiary/aromatic N) is 1. The molecular weight excluding hydrogens is 246 g/mol. The largest absolute Gasteiger partial charge is 0.276 e. The van der Waals surface area contributed by atoms with E-state index in [9.17, 15) is 8.78 Å². The Balaban J connectivity index is 1.92. The zero-order chi connectivity index (χ0) is 13.5. The van der Waals surface area contributed by atoms with Crippen LogP contribution < -0.4 is 5.43 Å². The highest BCUT2D eigenvalue weighted by atomic mass is 19.1. The summed E-state index contributed by atoms with van der Waals surface area (Å²) in [7, 11) is 0. The van der Waals surface area contributed by atoms with Gasteiger partial charge in [-0.2, -0.15) is 5.10 Å². The molecule has 1 N–H and O–H groups in total. The third-order valence-electron chi connectivity index (χ3n) is 2.36. The Kier molecular flexibility index (Phi) is 4.39. The van der Waals surface area contributed by atoms with E-state index in [1.54, 1.807) is 6.08 Å². The Labute approximate surface area is 110 Å². The molecule has 2 aromatic carbocycles. The first kappa shape index (κ1) is 13.0. The van der Waals surface area contributed by atoms with Crippen molar-refractivity contribution < 1.29 is 8.78 Å². The van der Waals surface area contributed by atoms with Gasteiger partial charge >= 0.3 is 0 Å². The molecule has 0 radical (unpaired) electrons. The van der Waals surface area contributed by atoms with Gasteiger partial charge in [-0.25, -0.2) is 8.78 Å². The second-order valence-corrected chi connectivity index (χ2v) is 3.78. The van der Waals surface area contributed by atoms with Gasteiger partial charge in [0.1, 0.15) is 5.82 Å². The SMILES string of the molecule is Fc1ccc(N/N=C\C=C\c2ccccc2)c(F)c1. The molecule has 0 amide bonds. The highest BCUT2D eigenvalue weighted by molar-refractivity contribution is 5.78. The molecule has 2 rings (SSSR count). The van der Waals surface area contributed by atoms with Gasteiger partial charge in [-0.1, -0.05) is 36.4 Å². The lowest BCUT2D eigenvalue weighted by atomic mass is 10.2. The van der Waals surface area contributed by atoms with Gasteiger partial charge in [-0.05, 0) is 23.8 Å². The quantitative estimate of drug-likeness (QED) is 0.648. The van der Waals surface area contributed by atoms with E-state index >= 15 is 0 Å². The molecule has 0 spiro atoms. The van der Waals surface area contributed by atoms with Crippen molar-refractivity contribution in [2.45, 2.75) is 0 Å². The molecule has 0 aliphatic carbocycles. The van der Waals surface area contributed by atoms with Crippen molar-refractivity contribution in [3.05, 3.63) is 71.8 Å². The highest BCUT2D eigenvalue weighted by Gasteiger charge is 2.00. The Morgan fingerprint density at radius 2 is 1.79 bits per heavy atom. The first-order valence-corrected chi connectivity index (χ1v) is 5.71. The lowest BCUT2D eigenvalue weighted by molar-refractivity contribution is 0.585. The number of rotatable bonds is 4. The average molecular weight is 258 g/mol. The maximum atomic E-state index is 13.2. The summed E-state index contributed by atoms with van der Waals surface area (Å²) in [5.41, 5.74) is 3.68. The summed E-state index contributed by atoms with van der Waals surface area (Å²) in [6, 6.07) is 13.0. The molecule has 0 saturated carbocycles. The molecule has 2 aromatic rings. The van der Waals surface area contributed by atoms with Gasteiger partial charge in [0.05, 0.1) is 5.69 Å². The third kappa shape index (κ3) is 4.03. The zero-order valence-corrected chi connectivity index (χ0v) is 10.1. The van der Waals surface area contributed by atoms with Crippen LogP contribution >= 0.6 is 0 Å². The average Bonchev–Trinajstić information content (AvgIpc) is 2.42. The molecule has 0 unspecified atom stereocenters. The van der Waals surface area contributed by atoms with E-state index in [0.717, 1.165) is 11.6 Å². The monoisotopic (exact) mass is 258 g/mol. The van der Waals surface area contributed by atoms with Gasteiger partial charge in [-0.3, -0.25) is 5.43 Å². The van der Waals surface area contributed by atoms with E-state index < -0.39 is 11.6 Å². The number of hydrogen-bond acceptors (Lipinski definition) is 2. The number of anilines is 1. The molecule has 0 saturated heterocycles. The molecule has 0 fully saturated rings. The molecule has 0 aliphatic heterocycles. The zero-order valence-electron chi connectivity index (χ0n) is 10.1. The first-order valence-electron chi connectivity index (χ1n) is 5.71. The molecular formula is C15H12F2N2. The van der Waals surface area contributed by atoms with Crippen molar-refractivity contribution in [3.63, 3.8) is 0 Å². The number of nitrogens with one attached hydrogen (secondary N) is 1. The smallest absolute Gasteiger partial charge is 0.151 e. The van der Waals surface area contributed by atoms with Gasteiger partial charge in [0.15, 0.2) is 5.82 Å². The second-order valence-electron chi connectivity index (χ2n) is 3.78. The Bertz CT molecular complexity index is 592. The molecule has 0 bridgehead atoms. The molecule has 96 valence electrons. The summed E-state index contributed by atoms with van der Waals surface area (Å²) in [4.78, 5) is 0. The molecule has 4 heteroatoms. The lowest BCUT2D eigenvalue weighted by Gasteiger charge is -2.00. The third-order valence-corrected chi connectivity index (χ3v) is 2.36. The molecule has 2 nitrogen and oxygen atoms in total. The van der Waals surface area contributed by atoms with Crippen LogP contribution in [-0.2, 0) is 0 Å². The Morgan fingerprint density at radius 3 is 2.53 bits per heavy atom. The standard InChI is InChI=1S/C15H12F2N2/c16-13-8-9-15(14(17)11-13)19-18-10-4-7-12-5-2-1-3-6-12/h1-11,19H/b7-4+,18-10-. The fourth-order valence-electron chi connectivity index (χ4n) is 1.45. The predicted octanol–water partition coefficient (Wildman–Crippen LogP) is 4.08. The number of allylic oxidation sites excluding steroid dienone is 1. The van der Waals surface area contributed by atoms with Crippen molar-refractivity contribution in [2.75, 3.05) is 5.43 Å². The van der Waals surface area contributed by atoms with Gasteiger partial charge in [-0.15, -0.1) is 0 Å². The van der Waals surface area contributed by atoms with E-state index in [-0.39, 0.29) is 5.69 Å². The number of hydrazone groups is 1. The van der Waals surface area contributed by atoms with Crippen LogP contribution in [0.5, 0.6) is 0 Å². The highest BCUT2D eigenvalue weighted by Crippen LogP contribution is 2.14. The lowest BCUT2D eigenvalue weighted by Crippen LogP contribution is -1.92. The van der Waals surface area contributed by atoms with Crippen molar-refractivity contribution in [1.82, 2.24) is 0 Å². The van der Waals surface area contributed by atoms with E-state index in [0.29, 0.717) is 0 Å². The van der Waals surface area contributed by atoms with E-state index in [2.05, 4.69) is 10.5 Å². The van der Waals surface area contributed by atoms with Gasteiger partial charge in [0, 0.05) is 12.3 Å². The summed E-state index contributed by atoms with van der Waals surface area (Å²) in [5, 5.41) is 3.82. The van der Waals surface area contributed by atoms with Crippen LogP contribution in [-0.4, -0.2) is 6.21 Å². The van der Waals surface area contributed by atoms with E-state index in [1.165, 1.54) is 18.3 Å². The van der Waals surface area contributed by atoms with Gasteiger partial charge in [0.25, 0.3) is 0 Å². The summed E-state index contributed by atoms with van der Waals surface area (Å²) in [6.45, 7) is 0. The van der Waals surface area contributed by atoms with Crippen molar-refractivity contribution in [2.24, 2.45) is 5.10 Å². The molecule has 0 atom stereocenters. The maximum absolute atomic E-state index is 13.2. The second kappa shape index (κ2) is 6.44. The Morgan fingerprint density at radius 1 is 1.00 bits per heavy atom. The summed E-state index contributed by atoms with van der Waals surface area (Å²) >= 11 is 0. The van der Waals surface area contributed by atoms with Crippen LogP contribution in [0.2, 0.25) is 0 Å². The van der Waals surface area contributed by atoms with Crippen LogP contribution in [0.3, 0.4) is 0 Å². The van der Waals surface area contributed by atoms with Crippen LogP contribution in [0.1, 0.15) is 5.56 Å². The fraction of sp³-hybridized carbons (Fsp3) is 0. The minimum atomic E-state index is -0.677. The van der Waals surface area contributed by atoms with Gasteiger partial charge in [0.2, 0.25) is 0 Å². The predicted molar refractivity (Wildman–Crippen MR) is 73.9 cm³/mol. The van der Waals surface area contributed by atoms with Crippen LogP contribution in [0.15, 0.2) is 59.7 Å². The van der Waals surface area contributed by atoms with Gasteiger partial charge < -0.3 is 0 Å².